The summed E-state index contributed by atoms with van der Waals surface area (Å²) in [5.41, 5.74) is 1.46. The number of anilines is 2. The van der Waals surface area contributed by atoms with Gasteiger partial charge in [-0.1, -0.05) is 0 Å². The van der Waals surface area contributed by atoms with E-state index in [0.717, 1.165) is 70.8 Å². The number of carbonyl (C=O) groups excluding carboxylic acids is 1. The summed E-state index contributed by atoms with van der Waals surface area (Å²) in [4.78, 5) is 32.9. The minimum atomic E-state index is 0.0174. The fourth-order valence-electron chi connectivity index (χ4n) is 5.08. The molecule has 11 nitrogen and oxygen atoms in total. The number of likely N-dealkylation sites (tertiary alicyclic amines) is 1. The van der Waals surface area contributed by atoms with E-state index in [0.29, 0.717) is 49.4 Å². The molecule has 33 heavy (non-hydrogen) atoms. The first-order chi connectivity index (χ1) is 16.2. The third-order valence-electron chi connectivity index (χ3n) is 6.95. The smallest absolute Gasteiger partial charge is 0.229 e. The third-order valence-corrected chi connectivity index (χ3v) is 6.95. The Balaban J connectivity index is 1.33. The zero-order chi connectivity index (χ0) is 22.6. The number of rotatable bonds is 8. The predicted octanol–water partition coefficient (Wildman–Crippen LogP) is 0.154. The topological polar surface area (TPSA) is 112 Å². The molecule has 0 aliphatic carbocycles. The molecule has 3 fully saturated rings. The lowest BCUT2D eigenvalue weighted by molar-refractivity contribution is -0.127. The second-order valence-corrected chi connectivity index (χ2v) is 8.98. The number of aromatic nitrogens is 4. The molecule has 1 amide bonds. The van der Waals surface area contributed by atoms with Crippen LogP contribution in [0, 0.1) is 0 Å². The Labute approximate surface area is 193 Å². The van der Waals surface area contributed by atoms with Gasteiger partial charge in [0.15, 0.2) is 17.0 Å². The fourth-order valence-corrected chi connectivity index (χ4v) is 5.08. The lowest BCUT2D eigenvalue weighted by Gasteiger charge is -2.40. The number of aliphatic hydroxyl groups is 1. The molecule has 2 aromatic rings. The van der Waals surface area contributed by atoms with E-state index in [1.165, 1.54) is 0 Å². The molecular weight excluding hydrogens is 424 g/mol. The van der Waals surface area contributed by atoms with Gasteiger partial charge < -0.3 is 29.5 Å². The van der Waals surface area contributed by atoms with Gasteiger partial charge in [0.1, 0.15) is 0 Å². The van der Waals surface area contributed by atoms with Gasteiger partial charge in [-0.25, -0.2) is 4.98 Å². The summed E-state index contributed by atoms with van der Waals surface area (Å²) in [6, 6.07) is 0.587. The van der Waals surface area contributed by atoms with Crippen molar-refractivity contribution in [2.24, 2.45) is 0 Å². The largest absolute Gasteiger partial charge is 0.395 e. The summed E-state index contributed by atoms with van der Waals surface area (Å²) in [5, 5.41) is 12.5. The highest BCUT2D eigenvalue weighted by molar-refractivity contribution is 5.84. The molecular formula is C22H34N8O3. The summed E-state index contributed by atoms with van der Waals surface area (Å²) in [6.07, 6.45) is 5.52. The minimum absolute atomic E-state index is 0.0174. The molecule has 180 valence electrons. The zero-order valence-corrected chi connectivity index (χ0v) is 19.2. The van der Waals surface area contributed by atoms with Crippen LogP contribution in [0.25, 0.3) is 11.2 Å². The summed E-state index contributed by atoms with van der Waals surface area (Å²) in [6.45, 7) is 8.05. The number of hydrogen-bond acceptors (Lipinski definition) is 9. The van der Waals surface area contributed by atoms with Crippen LogP contribution in [-0.4, -0.2) is 112 Å². The molecule has 0 radical (unpaired) electrons. The molecule has 0 aromatic carbocycles. The standard InChI is InChI=1S/C22H34N8O3/c31-13-5-23-20-19-21(30(16-24-19)10-9-28-6-1-2-18(28)32)26-22(25-20)29-7-3-17(4-8-29)27-11-14-33-15-12-27/h16-17,31H,1-15H2,(H,23,25,26). The van der Waals surface area contributed by atoms with Crippen molar-refractivity contribution >= 4 is 28.8 Å². The SMILES string of the molecule is O=C1CCCN1CCn1cnc2c(NCCO)nc(N3CCC(N4CCOCC4)CC3)nc21. The predicted molar refractivity (Wildman–Crippen MR) is 124 cm³/mol. The van der Waals surface area contributed by atoms with Crippen molar-refractivity contribution in [2.75, 3.05) is 75.9 Å². The Kier molecular flexibility index (Phi) is 6.88. The number of fused-ring (bicyclic) bond motifs is 1. The fraction of sp³-hybridized carbons (Fsp3) is 0.727. The number of imidazole rings is 1. The van der Waals surface area contributed by atoms with Crippen LogP contribution in [0.15, 0.2) is 6.33 Å². The van der Waals surface area contributed by atoms with Crippen LogP contribution in [0.5, 0.6) is 0 Å². The van der Waals surface area contributed by atoms with Crippen molar-refractivity contribution in [2.45, 2.75) is 38.3 Å². The number of hydrogen-bond donors (Lipinski definition) is 2. The monoisotopic (exact) mass is 458 g/mol. The van der Waals surface area contributed by atoms with E-state index < -0.39 is 0 Å². The number of nitrogens with one attached hydrogen (secondary N) is 1. The highest BCUT2D eigenvalue weighted by atomic mass is 16.5. The first kappa shape index (κ1) is 22.3. The molecule has 3 aliphatic rings. The molecule has 0 bridgehead atoms. The van der Waals surface area contributed by atoms with Gasteiger partial charge in [0, 0.05) is 64.8 Å². The second-order valence-electron chi connectivity index (χ2n) is 8.98. The maximum absolute atomic E-state index is 12.0. The molecule has 5 heterocycles. The average Bonchev–Trinajstić information content (AvgIpc) is 3.47. The molecule has 2 aromatic heterocycles. The van der Waals surface area contributed by atoms with E-state index in [-0.39, 0.29) is 12.5 Å². The number of piperidine rings is 1. The van der Waals surface area contributed by atoms with Gasteiger partial charge in [-0.05, 0) is 19.3 Å². The van der Waals surface area contributed by atoms with Crippen LogP contribution in [0.4, 0.5) is 11.8 Å². The number of amides is 1. The maximum atomic E-state index is 12.0. The normalized spacial score (nSPS) is 20.8. The van der Waals surface area contributed by atoms with Crippen LogP contribution in [0.3, 0.4) is 0 Å². The van der Waals surface area contributed by atoms with Crippen LogP contribution < -0.4 is 10.2 Å². The Hall–Kier alpha value is -2.50. The van der Waals surface area contributed by atoms with E-state index in [9.17, 15) is 9.90 Å². The van der Waals surface area contributed by atoms with Crippen molar-refractivity contribution in [3.05, 3.63) is 6.33 Å². The van der Waals surface area contributed by atoms with Gasteiger partial charge >= 0.3 is 0 Å². The van der Waals surface area contributed by atoms with Gasteiger partial charge in [-0.15, -0.1) is 0 Å². The second kappa shape index (κ2) is 10.2. The van der Waals surface area contributed by atoms with E-state index in [4.69, 9.17) is 14.7 Å². The number of morpholine rings is 1. The highest BCUT2D eigenvalue weighted by Gasteiger charge is 2.28. The van der Waals surface area contributed by atoms with Gasteiger partial charge in [0.2, 0.25) is 11.9 Å². The van der Waals surface area contributed by atoms with Crippen LogP contribution in [0.2, 0.25) is 0 Å². The first-order valence-electron chi connectivity index (χ1n) is 12.1. The van der Waals surface area contributed by atoms with Crippen molar-refractivity contribution in [1.29, 1.82) is 0 Å². The molecule has 0 atom stereocenters. The number of carbonyl (C=O) groups is 1. The molecule has 3 saturated heterocycles. The van der Waals surface area contributed by atoms with Crippen molar-refractivity contribution < 1.29 is 14.6 Å². The van der Waals surface area contributed by atoms with E-state index in [1.807, 2.05) is 9.47 Å². The van der Waals surface area contributed by atoms with E-state index >= 15 is 0 Å². The Morgan fingerprint density at radius 3 is 2.64 bits per heavy atom. The Morgan fingerprint density at radius 2 is 1.91 bits per heavy atom. The lowest BCUT2D eigenvalue weighted by Crippen LogP contribution is -2.49. The number of ether oxygens (including phenoxy) is 1. The Morgan fingerprint density at radius 1 is 1.09 bits per heavy atom. The molecule has 5 rings (SSSR count). The van der Waals surface area contributed by atoms with Gasteiger partial charge in [-0.2, -0.15) is 9.97 Å². The summed E-state index contributed by atoms with van der Waals surface area (Å²) in [5.74, 6) is 1.57. The molecule has 11 heteroatoms. The minimum Gasteiger partial charge on any atom is -0.395 e. The lowest BCUT2D eigenvalue weighted by atomic mass is 10.0. The van der Waals surface area contributed by atoms with Crippen LogP contribution >= 0.6 is 0 Å². The van der Waals surface area contributed by atoms with Gasteiger partial charge in [-0.3, -0.25) is 9.69 Å². The molecule has 3 aliphatic heterocycles. The number of nitrogens with zero attached hydrogens (tertiary/aromatic N) is 7. The molecule has 0 spiro atoms. The quantitative estimate of drug-likeness (QED) is 0.571. The summed E-state index contributed by atoms with van der Waals surface area (Å²) >= 11 is 0. The summed E-state index contributed by atoms with van der Waals surface area (Å²) in [7, 11) is 0. The van der Waals surface area contributed by atoms with Gasteiger partial charge in [0.25, 0.3) is 0 Å². The zero-order valence-electron chi connectivity index (χ0n) is 19.2. The average molecular weight is 459 g/mol. The van der Waals surface area contributed by atoms with Crippen LogP contribution in [0.1, 0.15) is 25.7 Å². The van der Waals surface area contributed by atoms with Crippen molar-refractivity contribution in [3.8, 4) is 0 Å². The summed E-state index contributed by atoms with van der Waals surface area (Å²) < 4.78 is 7.51. The van der Waals surface area contributed by atoms with E-state index in [2.05, 4.69) is 20.1 Å². The number of aliphatic hydroxyl groups excluding tert-OH is 1. The van der Waals surface area contributed by atoms with Crippen molar-refractivity contribution in [3.63, 3.8) is 0 Å². The van der Waals surface area contributed by atoms with E-state index in [1.54, 1.807) is 6.33 Å². The third kappa shape index (κ3) is 4.90. The van der Waals surface area contributed by atoms with Crippen molar-refractivity contribution in [1.82, 2.24) is 29.3 Å². The first-order valence-corrected chi connectivity index (χ1v) is 12.1. The highest BCUT2D eigenvalue weighted by Crippen LogP contribution is 2.26. The Bertz CT molecular complexity index is 953. The van der Waals surface area contributed by atoms with Gasteiger partial charge in [0.05, 0.1) is 26.1 Å². The molecule has 2 N–H and O–H groups in total. The molecule has 0 unspecified atom stereocenters. The molecule has 0 saturated carbocycles. The van der Waals surface area contributed by atoms with Crippen LogP contribution in [-0.2, 0) is 16.1 Å². The maximum Gasteiger partial charge on any atom is 0.229 e.